The molecule has 2 aromatic heterocycles. The molecule has 5 rings (SSSR count). The summed E-state index contributed by atoms with van der Waals surface area (Å²) in [6.07, 6.45) is 3.12. The topological polar surface area (TPSA) is 76.9 Å². The Balaban J connectivity index is 1.50. The Bertz CT molecular complexity index is 1350. The van der Waals surface area contributed by atoms with Crippen LogP contribution in [0.4, 0.5) is 10.1 Å². The molecule has 0 unspecified atom stereocenters. The number of halogens is 1. The van der Waals surface area contributed by atoms with Gasteiger partial charge >= 0.3 is 0 Å². The molecule has 4 aromatic rings. The van der Waals surface area contributed by atoms with Crippen molar-refractivity contribution in [1.82, 2.24) is 14.5 Å². The van der Waals surface area contributed by atoms with Crippen molar-refractivity contribution >= 4 is 22.8 Å². The van der Waals surface area contributed by atoms with Crippen molar-refractivity contribution in [1.29, 1.82) is 0 Å². The number of nitrogens with zero attached hydrogens (tertiary/aromatic N) is 3. The monoisotopic (exact) mass is 386 g/mol. The molecular weight excluding hydrogens is 371 g/mol. The molecule has 0 radical (unpaired) electrons. The van der Waals surface area contributed by atoms with E-state index in [4.69, 9.17) is 0 Å². The third-order valence-electron chi connectivity index (χ3n) is 5.07. The third kappa shape index (κ3) is 3.06. The van der Waals surface area contributed by atoms with Crippen LogP contribution in [0.25, 0.3) is 22.3 Å². The summed E-state index contributed by atoms with van der Waals surface area (Å²) in [4.78, 5) is 32.0. The van der Waals surface area contributed by atoms with E-state index in [0.717, 1.165) is 16.8 Å². The van der Waals surface area contributed by atoms with Gasteiger partial charge in [0.25, 0.3) is 5.56 Å². The summed E-state index contributed by atoms with van der Waals surface area (Å²) in [5.41, 5.74) is 4.32. The zero-order valence-electron chi connectivity index (χ0n) is 15.2. The Morgan fingerprint density at radius 3 is 2.72 bits per heavy atom. The second kappa shape index (κ2) is 6.63. The summed E-state index contributed by atoms with van der Waals surface area (Å²) in [7, 11) is 0. The van der Waals surface area contributed by atoms with Gasteiger partial charge in [-0.25, -0.2) is 14.4 Å². The van der Waals surface area contributed by atoms with E-state index in [0.29, 0.717) is 28.7 Å². The zero-order valence-corrected chi connectivity index (χ0v) is 15.2. The predicted octanol–water partition coefficient (Wildman–Crippen LogP) is 3.14. The molecule has 0 bridgehead atoms. The minimum atomic E-state index is -0.405. The number of aromatic nitrogens is 3. The maximum Gasteiger partial charge on any atom is 0.269 e. The number of hydrogen-bond donors (Lipinski definition) is 1. The Morgan fingerprint density at radius 1 is 1.03 bits per heavy atom. The average molecular weight is 386 g/mol. The van der Waals surface area contributed by atoms with Crippen molar-refractivity contribution in [2.24, 2.45) is 0 Å². The molecule has 29 heavy (non-hydrogen) atoms. The summed E-state index contributed by atoms with van der Waals surface area (Å²) in [5, 5.41) is 2.79. The fourth-order valence-electron chi connectivity index (χ4n) is 3.60. The van der Waals surface area contributed by atoms with Crippen molar-refractivity contribution in [3.05, 3.63) is 88.2 Å². The van der Waals surface area contributed by atoms with E-state index in [9.17, 15) is 14.0 Å². The van der Waals surface area contributed by atoms with Gasteiger partial charge in [0, 0.05) is 17.4 Å². The first-order chi connectivity index (χ1) is 14.1. The van der Waals surface area contributed by atoms with Crippen LogP contribution in [0.3, 0.4) is 0 Å². The van der Waals surface area contributed by atoms with Crippen molar-refractivity contribution < 1.29 is 9.18 Å². The Kier molecular flexibility index (Phi) is 3.94. The van der Waals surface area contributed by atoms with Gasteiger partial charge in [0.2, 0.25) is 5.91 Å². The number of carbonyl (C=O) groups is 1. The first-order valence-electron chi connectivity index (χ1n) is 9.11. The highest BCUT2D eigenvalue weighted by atomic mass is 19.1. The molecule has 142 valence electrons. The van der Waals surface area contributed by atoms with Crippen LogP contribution in [-0.4, -0.2) is 20.4 Å². The van der Waals surface area contributed by atoms with Crippen molar-refractivity contribution in [3.63, 3.8) is 0 Å². The minimum absolute atomic E-state index is 0.0387. The molecule has 2 aromatic carbocycles. The summed E-state index contributed by atoms with van der Waals surface area (Å²) in [6, 6.07) is 14.0. The maximum absolute atomic E-state index is 14.9. The number of anilines is 1. The van der Waals surface area contributed by atoms with Gasteiger partial charge in [-0.2, -0.15) is 0 Å². The molecule has 0 aliphatic carbocycles. The number of hydrogen-bond acceptors (Lipinski definition) is 4. The molecular formula is C22H15FN4O2. The predicted molar refractivity (Wildman–Crippen MR) is 107 cm³/mol. The summed E-state index contributed by atoms with van der Waals surface area (Å²) in [5.74, 6) is -0.443. The van der Waals surface area contributed by atoms with Crippen LogP contribution in [-0.2, 0) is 17.8 Å². The van der Waals surface area contributed by atoms with Crippen LogP contribution in [0, 0.1) is 5.82 Å². The third-order valence-corrected chi connectivity index (χ3v) is 5.07. The van der Waals surface area contributed by atoms with Crippen LogP contribution < -0.4 is 10.9 Å². The average Bonchev–Trinajstić information content (AvgIpc) is 3.10. The molecule has 1 amide bonds. The van der Waals surface area contributed by atoms with Gasteiger partial charge in [-0.1, -0.05) is 18.2 Å². The van der Waals surface area contributed by atoms with E-state index in [1.54, 1.807) is 24.4 Å². The first kappa shape index (κ1) is 17.2. The standard InChI is InChI=1S/C22H15FN4O2/c23-17-9-14(13-5-6-18-16(8-13)10-20(28)26-18)3-4-15(17)12-27-19-2-1-7-24-22(19)25-11-21(27)29/h1-9,11H,10,12H2,(H,26,28). The molecule has 0 fully saturated rings. The molecule has 1 N–H and O–H groups in total. The van der Waals surface area contributed by atoms with Gasteiger partial charge < -0.3 is 5.32 Å². The van der Waals surface area contributed by atoms with Crippen molar-refractivity contribution in [2.75, 3.05) is 5.32 Å². The van der Waals surface area contributed by atoms with Gasteiger partial charge in [-0.15, -0.1) is 0 Å². The molecule has 0 saturated carbocycles. The van der Waals surface area contributed by atoms with E-state index in [1.807, 2.05) is 24.3 Å². The Morgan fingerprint density at radius 2 is 1.86 bits per heavy atom. The van der Waals surface area contributed by atoms with Gasteiger partial charge in [0.1, 0.15) is 5.82 Å². The SMILES string of the molecule is O=C1Cc2cc(-c3ccc(Cn4c(=O)cnc5ncccc54)c(F)c3)ccc2N1. The molecule has 1 aliphatic rings. The van der Waals surface area contributed by atoms with Crippen LogP contribution in [0.2, 0.25) is 0 Å². The second-order valence-electron chi connectivity index (χ2n) is 6.93. The van der Waals surface area contributed by atoms with Gasteiger partial charge in [0.05, 0.1) is 24.7 Å². The van der Waals surface area contributed by atoms with E-state index in [1.165, 1.54) is 16.8 Å². The molecule has 0 atom stereocenters. The maximum atomic E-state index is 14.9. The van der Waals surface area contributed by atoms with E-state index < -0.39 is 5.82 Å². The van der Waals surface area contributed by atoms with Crippen LogP contribution in [0.5, 0.6) is 0 Å². The number of nitrogens with one attached hydrogen (secondary N) is 1. The van der Waals surface area contributed by atoms with Crippen molar-refractivity contribution in [3.8, 4) is 11.1 Å². The Hall–Kier alpha value is -3.87. The molecule has 1 aliphatic heterocycles. The summed E-state index contributed by atoms with van der Waals surface area (Å²) < 4.78 is 16.3. The number of fused-ring (bicyclic) bond motifs is 2. The molecule has 3 heterocycles. The highest BCUT2D eigenvalue weighted by Crippen LogP contribution is 2.30. The lowest BCUT2D eigenvalue weighted by molar-refractivity contribution is -0.115. The van der Waals surface area contributed by atoms with E-state index >= 15 is 0 Å². The number of rotatable bonds is 3. The first-order valence-corrected chi connectivity index (χ1v) is 9.11. The lowest BCUT2D eigenvalue weighted by atomic mass is 10.00. The van der Waals surface area contributed by atoms with Crippen molar-refractivity contribution in [2.45, 2.75) is 13.0 Å². The highest BCUT2D eigenvalue weighted by Gasteiger charge is 2.18. The number of pyridine rings is 1. The minimum Gasteiger partial charge on any atom is -0.326 e. The fourth-order valence-corrected chi connectivity index (χ4v) is 3.60. The van der Waals surface area contributed by atoms with Gasteiger partial charge in [-0.05, 0) is 47.0 Å². The molecule has 0 spiro atoms. The second-order valence-corrected chi connectivity index (χ2v) is 6.93. The van der Waals surface area contributed by atoms with Gasteiger partial charge in [0.15, 0.2) is 5.65 Å². The number of amides is 1. The number of carbonyl (C=O) groups excluding carboxylic acids is 1. The largest absolute Gasteiger partial charge is 0.326 e. The van der Waals surface area contributed by atoms with E-state index in [-0.39, 0.29) is 18.0 Å². The van der Waals surface area contributed by atoms with Gasteiger partial charge in [-0.3, -0.25) is 14.2 Å². The van der Waals surface area contributed by atoms with Crippen LogP contribution in [0.15, 0.2) is 65.7 Å². The zero-order chi connectivity index (χ0) is 20.0. The Labute approximate surface area is 164 Å². The van der Waals surface area contributed by atoms with Crippen LogP contribution in [0.1, 0.15) is 11.1 Å². The molecule has 0 saturated heterocycles. The fraction of sp³-hybridized carbons (Fsp3) is 0.0909. The molecule has 7 heteroatoms. The van der Waals surface area contributed by atoms with E-state index in [2.05, 4.69) is 15.3 Å². The normalized spacial score (nSPS) is 12.8. The highest BCUT2D eigenvalue weighted by molar-refractivity contribution is 5.99. The summed E-state index contributed by atoms with van der Waals surface area (Å²) in [6.45, 7) is 0.0816. The lowest BCUT2D eigenvalue weighted by Gasteiger charge is -2.11. The van der Waals surface area contributed by atoms with Crippen LogP contribution >= 0.6 is 0 Å². The number of benzene rings is 2. The summed E-state index contributed by atoms with van der Waals surface area (Å²) >= 11 is 0. The smallest absolute Gasteiger partial charge is 0.269 e. The molecule has 6 nitrogen and oxygen atoms in total. The quantitative estimate of drug-likeness (QED) is 0.587. The lowest BCUT2D eigenvalue weighted by Crippen LogP contribution is -2.21.